The number of hydrogen-bond acceptors (Lipinski definition) is 4. The number of sulfonamides is 1. The van der Waals surface area contributed by atoms with Crippen LogP contribution >= 0.6 is 0 Å². The first-order valence-electron chi connectivity index (χ1n) is 5.64. The molecule has 0 amide bonds. The number of carboxylic acid groups (broad SMARTS) is 1. The van der Waals surface area contributed by atoms with Gasteiger partial charge in [-0.15, -0.1) is 0 Å². The molecule has 2 N–H and O–H groups in total. The highest BCUT2D eigenvalue weighted by molar-refractivity contribution is 7.92. The maximum atomic E-state index is 12.2. The van der Waals surface area contributed by atoms with Gasteiger partial charge in [0.25, 0.3) is 10.0 Å². The quantitative estimate of drug-likeness (QED) is 0.858. The molecular weight excluding hydrogens is 284 g/mol. The van der Waals surface area contributed by atoms with Crippen LogP contribution in [0, 0.1) is 6.92 Å². The van der Waals surface area contributed by atoms with Crippen LogP contribution in [0.15, 0.2) is 23.2 Å². The van der Waals surface area contributed by atoms with Crippen molar-refractivity contribution in [3.05, 3.63) is 29.7 Å². The van der Waals surface area contributed by atoms with E-state index < -0.39 is 16.0 Å². The van der Waals surface area contributed by atoms with Crippen molar-refractivity contribution in [2.75, 3.05) is 4.72 Å². The van der Waals surface area contributed by atoms with Gasteiger partial charge in [-0.1, -0.05) is 0 Å². The highest BCUT2D eigenvalue weighted by Crippen LogP contribution is 2.18. The van der Waals surface area contributed by atoms with Crippen LogP contribution in [-0.2, 0) is 24.1 Å². The largest absolute Gasteiger partial charge is 0.477 e. The SMILES string of the molecule is Cc1cc(NS(=O)(=O)c2cc(C(=O)O)n(C)c2)n(C)n1. The van der Waals surface area contributed by atoms with Gasteiger partial charge in [-0.3, -0.25) is 9.40 Å². The number of aromatic carboxylic acids is 1. The average Bonchev–Trinajstić information content (AvgIpc) is 2.83. The van der Waals surface area contributed by atoms with E-state index in [1.807, 2.05) is 0 Å². The van der Waals surface area contributed by atoms with E-state index in [1.165, 1.54) is 22.5 Å². The summed E-state index contributed by atoms with van der Waals surface area (Å²) >= 11 is 0. The second-order valence-electron chi connectivity index (χ2n) is 4.38. The van der Waals surface area contributed by atoms with Gasteiger partial charge in [0.05, 0.1) is 5.69 Å². The van der Waals surface area contributed by atoms with Gasteiger partial charge in [-0.05, 0) is 13.0 Å². The van der Waals surface area contributed by atoms with Crippen LogP contribution in [0.2, 0.25) is 0 Å². The van der Waals surface area contributed by atoms with Crippen LogP contribution < -0.4 is 4.72 Å². The molecule has 0 aromatic carbocycles. The summed E-state index contributed by atoms with van der Waals surface area (Å²) in [6.45, 7) is 1.74. The van der Waals surface area contributed by atoms with E-state index in [2.05, 4.69) is 9.82 Å². The van der Waals surface area contributed by atoms with E-state index in [0.29, 0.717) is 11.5 Å². The number of nitrogens with zero attached hydrogens (tertiary/aromatic N) is 3. The number of hydrogen-bond donors (Lipinski definition) is 2. The Balaban J connectivity index is 2.38. The molecule has 0 saturated carbocycles. The van der Waals surface area contributed by atoms with E-state index in [0.717, 1.165) is 6.07 Å². The fourth-order valence-electron chi connectivity index (χ4n) is 1.80. The molecule has 0 bridgehead atoms. The maximum Gasteiger partial charge on any atom is 0.352 e. The maximum absolute atomic E-state index is 12.2. The first-order valence-corrected chi connectivity index (χ1v) is 7.12. The Morgan fingerprint density at radius 3 is 2.45 bits per heavy atom. The summed E-state index contributed by atoms with van der Waals surface area (Å²) in [5, 5.41) is 13.0. The fourth-order valence-corrected chi connectivity index (χ4v) is 2.94. The van der Waals surface area contributed by atoms with Crippen molar-refractivity contribution in [2.45, 2.75) is 11.8 Å². The van der Waals surface area contributed by atoms with E-state index in [9.17, 15) is 13.2 Å². The van der Waals surface area contributed by atoms with Crippen LogP contribution in [0.25, 0.3) is 0 Å². The Labute approximate surface area is 115 Å². The van der Waals surface area contributed by atoms with Crippen LogP contribution in [0.5, 0.6) is 0 Å². The van der Waals surface area contributed by atoms with Crippen molar-refractivity contribution in [3.63, 3.8) is 0 Å². The molecule has 0 spiro atoms. The molecule has 2 aromatic rings. The normalized spacial score (nSPS) is 11.6. The summed E-state index contributed by atoms with van der Waals surface area (Å²) in [6.07, 6.45) is 1.25. The molecule has 2 aromatic heterocycles. The highest BCUT2D eigenvalue weighted by Gasteiger charge is 2.21. The van der Waals surface area contributed by atoms with E-state index in [1.54, 1.807) is 20.0 Å². The highest BCUT2D eigenvalue weighted by atomic mass is 32.2. The topological polar surface area (TPSA) is 106 Å². The monoisotopic (exact) mass is 298 g/mol. The number of aryl methyl sites for hydroxylation is 3. The lowest BCUT2D eigenvalue weighted by Gasteiger charge is -2.05. The number of carbonyl (C=O) groups is 1. The molecule has 0 radical (unpaired) electrons. The lowest BCUT2D eigenvalue weighted by Crippen LogP contribution is -2.14. The van der Waals surface area contributed by atoms with E-state index >= 15 is 0 Å². The van der Waals surface area contributed by atoms with Crippen LogP contribution in [-0.4, -0.2) is 33.8 Å². The predicted octanol–water partition coefficient (Wildman–Crippen LogP) is 0.566. The summed E-state index contributed by atoms with van der Waals surface area (Å²) in [7, 11) is -0.774. The lowest BCUT2D eigenvalue weighted by molar-refractivity contribution is 0.0686. The predicted molar refractivity (Wildman–Crippen MR) is 71.1 cm³/mol. The molecule has 108 valence electrons. The molecule has 20 heavy (non-hydrogen) atoms. The standard InChI is InChI=1S/C11H14N4O4S/c1-7-4-10(15(3)12-7)13-20(18,19)8-5-9(11(16)17)14(2)6-8/h4-6,13H,1-3H3,(H,16,17). The fraction of sp³-hybridized carbons (Fsp3) is 0.273. The summed E-state index contributed by atoms with van der Waals surface area (Å²) in [5.74, 6) is -0.881. The van der Waals surface area contributed by atoms with Gasteiger partial charge < -0.3 is 9.67 Å². The van der Waals surface area contributed by atoms with Crippen molar-refractivity contribution in [1.29, 1.82) is 0 Å². The molecule has 2 heterocycles. The zero-order valence-corrected chi connectivity index (χ0v) is 12.0. The van der Waals surface area contributed by atoms with Gasteiger partial charge in [0.2, 0.25) is 0 Å². The van der Waals surface area contributed by atoms with Crippen molar-refractivity contribution in [2.24, 2.45) is 14.1 Å². The second kappa shape index (κ2) is 4.67. The van der Waals surface area contributed by atoms with Crippen LogP contribution in [0.4, 0.5) is 5.82 Å². The zero-order chi connectivity index (χ0) is 15.1. The Hall–Kier alpha value is -2.29. The van der Waals surface area contributed by atoms with E-state index in [4.69, 9.17) is 5.11 Å². The molecule has 9 heteroatoms. The summed E-state index contributed by atoms with van der Waals surface area (Å²) in [6, 6.07) is 2.69. The lowest BCUT2D eigenvalue weighted by atomic mass is 10.4. The summed E-state index contributed by atoms with van der Waals surface area (Å²) < 4.78 is 29.4. The van der Waals surface area contributed by atoms with Gasteiger partial charge in [-0.2, -0.15) is 5.10 Å². The minimum atomic E-state index is -3.85. The number of rotatable bonds is 4. The van der Waals surface area contributed by atoms with Gasteiger partial charge in [0, 0.05) is 26.4 Å². The molecule has 0 aliphatic heterocycles. The third-order valence-electron chi connectivity index (χ3n) is 2.75. The van der Waals surface area contributed by atoms with Gasteiger partial charge in [0.15, 0.2) is 0 Å². The molecule has 2 rings (SSSR count). The van der Waals surface area contributed by atoms with Gasteiger partial charge in [-0.25, -0.2) is 13.2 Å². The summed E-state index contributed by atoms with van der Waals surface area (Å²) in [5.41, 5.74) is 0.566. The Bertz CT molecular complexity index is 772. The second-order valence-corrected chi connectivity index (χ2v) is 6.06. The van der Waals surface area contributed by atoms with E-state index in [-0.39, 0.29) is 10.6 Å². The van der Waals surface area contributed by atoms with Gasteiger partial charge in [0.1, 0.15) is 16.4 Å². The number of anilines is 1. The number of aromatic nitrogens is 3. The van der Waals surface area contributed by atoms with Crippen molar-refractivity contribution in [3.8, 4) is 0 Å². The third-order valence-corrected chi connectivity index (χ3v) is 4.07. The molecular formula is C11H14N4O4S. The van der Waals surface area contributed by atoms with Crippen molar-refractivity contribution in [1.82, 2.24) is 14.3 Å². The molecule has 0 fully saturated rings. The minimum Gasteiger partial charge on any atom is -0.477 e. The molecule has 0 aliphatic carbocycles. The van der Waals surface area contributed by atoms with Crippen LogP contribution in [0.1, 0.15) is 16.2 Å². The Morgan fingerprint density at radius 1 is 1.35 bits per heavy atom. The first-order chi connectivity index (χ1) is 9.20. The smallest absolute Gasteiger partial charge is 0.352 e. The van der Waals surface area contributed by atoms with Gasteiger partial charge >= 0.3 is 5.97 Å². The zero-order valence-electron chi connectivity index (χ0n) is 11.2. The number of carboxylic acids is 1. The van der Waals surface area contributed by atoms with Crippen LogP contribution in [0.3, 0.4) is 0 Å². The Morgan fingerprint density at radius 2 is 2.00 bits per heavy atom. The Kier molecular flexibility index (Phi) is 3.30. The first kappa shape index (κ1) is 14.1. The number of nitrogens with one attached hydrogen (secondary N) is 1. The average molecular weight is 298 g/mol. The molecule has 0 aliphatic rings. The molecule has 0 saturated heterocycles. The minimum absolute atomic E-state index is 0.105. The molecule has 0 atom stereocenters. The third kappa shape index (κ3) is 2.52. The van der Waals surface area contributed by atoms with Crippen molar-refractivity contribution >= 4 is 21.8 Å². The molecule has 8 nitrogen and oxygen atoms in total. The van der Waals surface area contributed by atoms with Crippen molar-refractivity contribution < 1.29 is 18.3 Å². The molecule has 0 unspecified atom stereocenters. The summed E-state index contributed by atoms with van der Waals surface area (Å²) in [4.78, 5) is 10.8.